The molecular weight excluding hydrogens is 192 g/mol. The van der Waals surface area contributed by atoms with Crippen molar-refractivity contribution in [3.63, 3.8) is 0 Å². The number of nitriles is 3. The molecular formula is C10H8N4O. The predicted octanol–water partition coefficient (Wildman–Crippen LogP) is 0.946. The van der Waals surface area contributed by atoms with Crippen molar-refractivity contribution in [2.75, 3.05) is 0 Å². The molecule has 15 heavy (non-hydrogen) atoms. The van der Waals surface area contributed by atoms with E-state index in [9.17, 15) is 5.26 Å². The first-order valence-electron chi connectivity index (χ1n) is 4.58. The summed E-state index contributed by atoms with van der Waals surface area (Å²) in [6, 6.07) is 5.75. The van der Waals surface area contributed by atoms with Crippen LogP contribution < -0.4 is 0 Å². The summed E-state index contributed by atoms with van der Waals surface area (Å²) in [6.45, 7) is 1.78. The molecule has 0 aromatic rings. The number of rotatable bonds is 0. The van der Waals surface area contributed by atoms with Crippen LogP contribution in [0.15, 0.2) is 0 Å². The van der Waals surface area contributed by atoms with E-state index in [1.165, 1.54) is 0 Å². The molecule has 3 atom stereocenters. The van der Waals surface area contributed by atoms with Crippen molar-refractivity contribution in [1.29, 1.82) is 21.2 Å². The highest BCUT2D eigenvalue weighted by molar-refractivity contribution is 5.90. The largest absolute Gasteiger partial charge is 0.474 e. The molecule has 1 aliphatic heterocycles. The van der Waals surface area contributed by atoms with E-state index in [2.05, 4.69) is 0 Å². The van der Waals surface area contributed by atoms with Crippen molar-refractivity contribution < 1.29 is 4.74 Å². The summed E-state index contributed by atoms with van der Waals surface area (Å²) in [4.78, 5) is 0. The second kappa shape index (κ2) is 2.49. The van der Waals surface area contributed by atoms with E-state index in [0.29, 0.717) is 6.42 Å². The fourth-order valence-corrected chi connectivity index (χ4v) is 2.69. The SMILES string of the molecule is C[C@H]1C[C@@H]2OC(=N)[C@@]1(C#N)C2(C#N)C#N. The smallest absolute Gasteiger partial charge is 0.207 e. The van der Waals surface area contributed by atoms with Gasteiger partial charge in [-0.25, -0.2) is 0 Å². The number of fused-ring (bicyclic) bond motifs is 2. The number of ether oxygens (including phenoxy) is 1. The van der Waals surface area contributed by atoms with E-state index < -0.39 is 16.9 Å². The van der Waals surface area contributed by atoms with Crippen molar-refractivity contribution in [3.05, 3.63) is 0 Å². The van der Waals surface area contributed by atoms with Gasteiger partial charge in [0.15, 0.2) is 5.41 Å². The second-order valence-corrected chi connectivity index (χ2v) is 4.02. The van der Waals surface area contributed by atoms with E-state index in [-0.39, 0.29) is 11.8 Å². The minimum absolute atomic E-state index is 0.187. The van der Waals surface area contributed by atoms with Crippen molar-refractivity contribution in [1.82, 2.24) is 0 Å². The van der Waals surface area contributed by atoms with Gasteiger partial charge in [0, 0.05) is 0 Å². The Bertz CT molecular complexity index is 449. The van der Waals surface area contributed by atoms with Gasteiger partial charge in [-0.3, -0.25) is 5.41 Å². The Morgan fingerprint density at radius 3 is 2.27 bits per heavy atom. The molecule has 0 amide bonds. The fourth-order valence-electron chi connectivity index (χ4n) is 2.69. The lowest BCUT2D eigenvalue weighted by Gasteiger charge is -2.26. The Hall–Kier alpha value is -2.06. The molecule has 0 radical (unpaired) electrons. The minimum Gasteiger partial charge on any atom is -0.474 e. The predicted molar refractivity (Wildman–Crippen MR) is 48.1 cm³/mol. The molecule has 5 heteroatoms. The molecule has 2 bridgehead atoms. The van der Waals surface area contributed by atoms with Crippen LogP contribution in [0.5, 0.6) is 0 Å². The van der Waals surface area contributed by atoms with Crippen LogP contribution in [-0.2, 0) is 4.74 Å². The first-order valence-corrected chi connectivity index (χ1v) is 4.58. The summed E-state index contributed by atoms with van der Waals surface area (Å²) in [5, 5.41) is 35.1. The summed E-state index contributed by atoms with van der Waals surface area (Å²) < 4.78 is 5.14. The van der Waals surface area contributed by atoms with Crippen molar-refractivity contribution in [2.45, 2.75) is 19.4 Å². The van der Waals surface area contributed by atoms with Crippen LogP contribution in [-0.4, -0.2) is 12.0 Å². The lowest BCUT2D eigenvalue weighted by atomic mass is 9.65. The third kappa shape index (κ3) is 0.671. The van der Waals surface area contributed by atoms with Crippen LogP contribution in [0.1, 0.15) is 13.3 Å². The van der Waals surface area contributed by atoms with Gasteiger partial charge in [0.2, 0.25) is 11.3 Å². The zero-order chi connectivity index (χ0) is 11.3. The zero-order valence-corrected chi connectivity index (χ0v) is 8.11. The number of nitrogens with one attached hydrogen (secondary N) is 1. The van der Waals surface area contributed by atoms with Gasteiger partial charge in [-0.15, -0.1) is 0 Å². The maximum Gasteiger partial charge on any atom is 0.207 e. The number of hydrogen-bond acceptors (Lipinski definition) is 5. The molecule has 1 heterocycles. The molecule has 1 saturated carbocycles. The highest BCUT2D eigenvalue weighted by atomic mass is 16.5. The molecule has 74 valence electrons. The van der Waals surface area contributed by atoms with Crippen molar-refractivity contribution >= 4 is 5.90 Å². The normalized spacial score (nSPS) is 40.0. The molecule has 0 spiro atoms. The molecule has 2 aliphatic rings. The van der Waals surface area contributed by atoms with Crippen LogP contribution >= 0.6 is 0 Å². The van der Waals surface area contributed by atoms with Gasteiger partial charge in [0.25, 0.3) is 0 Å². The van der Waals surface area contributed by atoms with Crippen molar-refractivity contribution in [2.24, 2.45) is 16.7 Å². The van der Waals surface area contributed by atoms with Crippen molar-refractivity contribution in [3.8, 4) is 18.2 Å². The first kappa shape index (κ1) is 9.49. The van der Waals surface area contributed by atoms with Gasteiger partial charge in [0.05, 0.1) is 18.2 Å². The third-order valence-electron chi connectivity index (χ3n) is 3.56. The highest BCUT2D eigenvalue weighted by Crippen LogP contribution is 2.62. The van der Waals surface area contributed by atoms with E-state index >= 15 is 0 Å². The Morgan fingerprint density at radius 1 is 1.33 bits per heavy atom. The summed E-state index contributed by atoms with van der Waals surface area (Å²) in [7, 11) is 0. The Labute approximate surface area is 87.0 Å². The van der Waals surface area contributed by atoms with Gasteiger partial charge < -0.3 is 4.74 Å². The lowest BCUT2D eigenvalue weighted by molar-refractivity contribution is 0.163. The average molecular weight is 200 g/mol. The first-order chi connectivity index (χ1) is 7.09. The highest BCUT2D eigenvalue weighted by Gasteiger charge is 2.75. The summed E-state index contributed by atoms with van der Waals surface area (Å²) in [5.41, 5.74) is -2.88. The molecule has 1 N–H and O–H groups in total. The van der Waals surface area contributed by atoms with Crippen LogP contribution in [0.2, 0.25) is 0 Å². The van der Waals surface area contributed by atoms with Crippen LogP contribution in [0, 0.1) is 56.2 Å². The third-order valence-corrected chi connectivity index (χ3v) is 3.56. The fraction of sp³-hybridized carbons (Fsp3) is 0.600. The Balaban J connectivity index is 2.74. The molecule has 1 saturated heterocycles. The molecule has 0 aromatic carbocycles. The summed E-state index contributed by atoms with van der Waals surface area (Å²) in [6.07, 6.45) is -0.147. The van der Waals surface area contributed by atoms with Gasteiger partial charge >= 0.3 is 0 Å². The topological polar surface area (TPSA) is 104 Å². The maximum absolute atomic E-state index is 9.21. The van der Waals surface area contributed by atoms with Gasteiger partial charge in [0.1, 0.15) is 6.10 Å². The van der Waals surface area contributed by atoms with Gasteiger partial charge in [-0.2, -0.15) is 15.8 Å². The molecule has 2 rings (SSSR count). The second-order valence-electron chi connectivity index (χ2n) is 4.02. The van der Waals surface area contributed by atoms with E-state index in [0.717, 1.165) is 0 Å². The standard InChI is InChI=1S/C10H8N4O/c1-6-2-7-9(3-11,4-12)10(6,5-13)8(14)15-7/h6-7,14H,2H2,1H3/t6-,7-,10-/m0/s1. The monoisotopic (exact) mass is 200 g/mol. The van der Waals surface area contributed by atoms with E-state index in [4.69, 9.17) is 20.7 Å². The number of hydrogen-bond donors (Lipinski definition) is 1. The summed E-state index contributed by atoms with van der Waals surface area (Å²) in [5.74, 6) is -0.412. The molecule has 0 aromatic heterocycles. The van der Waals surface area contributed by atoms with Crippen LogP contribution in [0.25, 0.3) is 0 Å². The molecule has 1 aliphatic carbocycles. The Kier molecular flexibility index (Phi) is 1.58. The minimum atomic E-state index is -1.50. The molecule has 2 fully saturated rings. The maximum atomic E-state index is 9.21. The number of nitrogens with zero attached hydrogens (tertiary/aromatic N) is 3. The van der Waals surface area contributed by atoms with E-state index in [1.807, 2.05) is 18.2 Å². The van der Waals surface area contributed by atoms with Gasteiger partial charge in [-0.05, 0) is 12.3 Å². The average Bonchev–Trinajstić information content (AvgIpc) is 2.60. The van der Waals surface area contributed by atoms with E-state index in [1.54, 1.807) is 6.92 Å². The van der Waals surface area contributed by atoms with Crippen LogP contribution in [0.3, 0.4) is 0 Å². The lowest BCUT2D eigenvalue weighted by Crippen LogP contribution is -2.41. The zero-order valence-electron chi connectivity index (χ0n) is 8.11. The quantitative estimate of drug-likeness (QED) is 0.628. The van der Waals surface area contributed by atoms with Crippen LogP contribution in [0.4, 0.5) is 0 Å². The van der Waals surface area contributed by atoms with Gasteiger partial charge in [-0.1, -0.05) is 6.92 Å². The molecule has 0 unspecified atom stereocenters. The summed E-state index contributed by atoms with van der Waals surface area (Å²) >= 11 is 0. The Morgan fingerprint density at radius 2 is 1.93 bits per heavy atom. The molecule has 5 nitrogen and oxygen atoms in total.